The molecule has 0 bridgehead atoms. The van der Waals surface area contributed by atoms with E-state index in [-0.39, 0.29) is 35.0 Å². The second kappa shape index (κ2) is 30.4. The average Bonchev–Trinajstić information content (AvgIpc) is 2.14. The zero-order valence-corrected chi connectivity index (χ0v) is 9.81. The summed E-state index contributed by atoms with van der Waals surface area (Å²) in [5.41, 5.74) is 0. The molecule has 3 nitrogen and oxygen atoms in total. The van der Waals surface area contributed by atoms with Crippen LogP contribution in [0, 0.1) is 0 Å². The smallest absolute Gasteiger partial charge is 0.870 e. The number of aliphatic hydroxyl groups excluding tert-OH is 2. The predicted octanol–water partition coefficient (Wildman–Crippen LogP) is -2.27. The molecule has 4 heteroatoms. The van der Waals surface area contributed by atoms with Crippen LogP contribution in [-0.2, 0) is 0 Å². The third kappa shape index (κ3) is 22.5. The van der Waals surface area contributed by atoms with Gasteiger partial charge in [-0.05, 0) is 0 Å². The molecule has 1 aromatic rings. The summed E-state index contributed by atoms with van der Waals surface area (Å²) in [6.07, 6.45) is 0. The van der Waals surface area contributed by atoms with Gasteiger partial charge in [0.1, 0.15) is 0 Å². The molecule has 1 rings (SSSR count). The Morgan fingerprint density at radius 1 is 0.583 bits per heavy atom. The molecule has 0 amide bonds. The van der Waals surface area contributed by atoms with E-state index in [0.717, 1.165) is 14.2 Å². The first-order chi connectivity index (χ1) is 5.00. The number of rotatable bonds is 0. The van der Waals surface area contributed by atoms with Crippen LogP contribution in [0.25, 0.3) is 0 Å². The van der Waals surface area contributed by atoms with E-state index < -0.39 is 0 Å². The largest absolute Gasteiger partial charge is 1.00 e. The van der Waals surface area contributed by atoms with Gasteiger partial charge in [0.2, 0.25) is 0 Å². The summed E-state index contributed by atoms with van der Waals surface area (Å²) in [5.74, 6) is 0. The number of aliphatic hydroxyl groups is 2. The Kier molecular flexibility index (Phi) is 57.6. The maximum atomic E-state index is 7.00. The van der Waals surface area contributed by atoms with E-state index in [1.54, 1.807) is 0 Å². The van der Waals surface area contributed by atoms with Gasteiger partial charge in [0, 0.05) is 14.2 Å². The molecule has 0 saturated heterocycles. The van der Waals surface area contributed by atoms with Crippen LogP contribution in [0.5, 0.6) is 0 Å². The van der Waals surface area contributed by atoms with E-state index >= 15 is 0 Å². The van der Waals surface area contributed by atoms with Crippen molar-refractivity contribution in [2.24, 2.45) is 0 Å². The van der Waals surface area contributed by atoms with Crippen LogP contribution in [0.4, 0.5) is 0 Å². The standard InChI is InChI=1S/C6H6.2CH4O.Na.H2O/c1-2-4-6-5-3-1;2*1-2;;/h1-6H;2*2H,1H3;;1H2/q;;;+1;/p-1. The van der Waals surface area contributed by atoms with Crippen molar-refractivity contribution in [2.75, 3.05) is 14.2 Å². The van der Waals surface area contributed by atoms with Gasteiger partial charge in [-0.15, -0.1) is 0 Å². The molecule has 3 N–H and O–H groups in total. The van der Waals surface area contributed by atoms with E-state index in [1.165, 1.54) is 0 Å². The molecule has 1 aromatic carbocycles. The fraction of sp³-hybridized carbons (Fsp3) is 0.250. The van der Waals surface area contributed by atoms with Crippen LogP contribution in [0.2, 0.25) is 0 Å². The summed E-state index contributed by atoms with van der Waals surface area (Å²) < 4.78 is 0. The SMILES string of the molecule is CO.CO.[Na+].[OH-].c1ccccc1. The summed E-state index contributed by atoms with van der Waals surface area (Å²) >= 11 is 0. The molecule has 0 fully saturated rings. The Hall–Kier alpha value is 0.100. The van der Waals surface area contributed by atoms with Crippen LogP contribution in [0.15, 0.2) is 36.4 Å². The molecular formula is C8H15NaO3. The average molecular weight is 182 g/mol. The monoisotopic (exact) mass is 182 g/mol. The van der Waals surface area contributed by atoms with Crippen molar-refractivity contribution in [2.45, 2.75) is 0 Å². The molecule has 0 heterocycles. The molecule has 0 aromatic heterocycles. The van der Waals surface area contributed by atoms with Gasteiger partial charge in [-0.25, -0.2) is 0 Å². The maximum absolute atomic E-state index is 7.00. The quantitative estimate of drug-likeness (QED) is 0.444. The normalized spacial score (nSPS) is 5.00. The minimum Gasteiger partial charge on any atom is -0.870 e. The van der Waals surface area contributed by atoms with Crippen molar-refractivity contribution in [3.63, 3.8) is 0 Å². The molecule has 0 aliphatic heterocycles. The maximum Gasteiger partial charge on any atom is 1.00 e. The first-order valence-electron chi connectivity index (χ1n) is 2.89. The first kappa shape index (κ1) is 22.7. The van der Waals surface area contributed by atoms with E-state index in [1.807, 2.05) is 36.4 Å². The summed E-state index contributed by atoms with van der Waals surface area (Å²) in [7, 11) is 2.00. The van der Waals surface area contributed by atoms with Gasteiger partial charge in [0.15, 0.2) is 0 Å². The number of hydrogen-bond acceptors (Lipinski definition) is 3. The summed E-state index contributed by atoms with van der Waals surface area (Å²) in [6.45, 7) is 0. The summed E-state index contributed by atoms with van der Waals surface area (Å²) in [4.78, 5) is 0. The predicted molar refractivity (Wildman–Crippen MR) is 44.7 cm³/mol. The molecule has 0 spiro atoms. The van der Waals surface area contributed by atoms with Crippen molar-refractivity contribution in [3.05, 3.63) is 36.4 Å². The molecule has 0 aliphatic rings. The van der Waals surface area contributed by atoms with E-state index in [2.05, 4.69) is 0 Å². The van der Waals surface area contributed by atoms with Crippen molar-refractivity contribution in [3.8, 4) is 0 Å². The molecule has 0 radical (unpaired) electrons. The molecule has 12 heavy (non-hydrogen) atoms. The van der Waals surface area contributed by atoms with E-state index in [0.29, 0.717) is 0 Å². The van der Waals surface area contributed by atoms with Crippen LogP contribution in [0.3, 0.4) is 0 Å². The minimum absolute atomic E-state index is 0. The van der Waals surface area contributed by atoms with E-state index in [4.69, 9.17) is 10.2 Å². The van der Waals surface area contributed by atoms with Gasteiger partial charge in [0.05, 0.1) is 0 Å². The fourth-order valence-corrected chi connectivity index (χ4v) is 0.385. The van der Waals surface area contributed by atoms with Gasteiger partial charge in [-0.3, -0.25) is 0 Å². The molecule has 0 aliphatic carbocycles. The molecule has 0 saturated carbocycles. The number of hydrogen-bond donors (Lipinski definition) is 2. The van der Waals surface area contributed by atoms with E-state index in [9.17, 15) is 0 Å². The Labute approximate surface area is 95.7 Å². The van der Waals surface area contributed by atoms with Gasteiger partial charge in [-0.1, -0.05) is 36.4 Å². The number of benzene rings is 1. The second-order valence-corrected chi connectivity index (χ2v) is 1.15. The van der Waals surface area contributed by atoms with Crippen molar-refractivity contribution in [1.29, 1.82) is 0 Å². The Balaban J connectivity index is -0.0000000480. The molecule has 0 atom stereocenters. The van der Waals surface area contributed by atoms with Gasteiger partial charge in [-0.2, -0.15) is 0 Å². The Morgan fingerprint density at radius 3 is 0.750 bits per heavy atom. The van der Waals surface area contributed by atoms with Crippen molar-refractivity contribution in [1.82, 2.24) is 0 Å². The van der Waals surface area contributed by atoms with Crippen molar-refractivity contribution < 1.29 is 45.2 Å². The van der Waals surface area contributed by atoms with Crippen LogP contribution < -0.4 is 29.6 Å². The molecule has 66 valence electrons. The van der Waals surface area contributed by atoms with Gasteiger partial charge in [0.25, 0.3) is 0 Å². The molecular weight excluding hydrogens is 167 g/mol. The fourth-order valence-electron chi connectivity index (χ4n) is 0.385. The van der Waals surface area contributed by atoms with Crippen LogP contribution >= 0.6 is 0 Å². The van der Waals surface area contributed by atoms with Crippen LogP contribution in [0.1, 0.15) is 0 Å². The Bertz CT molecular complexity index is 86.2. The van der Waals surface area contributed by atoms with Crippen LogP contribution in [-0.4, -0.2) is 29.9 Å². The third-order valence-electron chi connectivity index (χ3n) is 0.667. The Morgan fingerprint density at radius 2 is 0.667 bits per heavy atom. The topological polar surface area (TPSA) is 70.5 Å². The molecule has 0 unspecified atom stereocenters. The van der Waals surface area contributed by atoms with Gasteiger partial charge < -0.3 is 15.7 Å². The zero-order chi connectivity index (χ0) is 8.24. The first-order valence-corrected chi connectivity index (χ1v) is 2.89. The second-order valence-electron chi connectivity index (χ2n) is 1.15. The van der Waals surface area contributed by atoms with Crippen molar-refractivity contribution >= 4 is 0 Å². The zero-order valence-electron chi connectivity index (χ0n) is 7.81. The third-order valence-corrected chi connectivity index (χ3v) is 0.667. The minimum atomic E-state index is 0. The van der Waals surface area contributed by atoms with Gasteiger partial charge >= 0.3 is 29.6 Å². The summed E-state index contributed by atoms with van der Waals surface area (Å²) in [5, 5.41) is 14.0. The summed E-state index contributed by atoms with van der Waals surface area (Å²) in [6, 6.07) is 12.0.